The van der Waals surface area contributed by atoms with Crippen LogP contribution in [0.1, 0.15) is 12.8 Å². The van der Waals surface area contributed by atoms with E-state index in [9.17, 15) is 4.79 Å². The Morgan fingerprint density at radius 3 is 3.05 bits per heavy atom. The van der Waals surface area contributed by atoms with E-state index in [4.69, 9.17) is 10.5 Å². The lowest BCUT2D eigenvalue weighted by Crippen LogP contribution is -2.54. The zero-order valence-corrected chi connectivity index (χ0v) is 10.7. The smallest absolute Gasteiger partial charge is 0.245 e. The van der Waals surface area contributed by atoms with E-state index in [0.29, 0.717) is 31.6 Å². The van der Waals surface area contributed by atoms with Gasteiger partial charge in [-0.15, -0.1) is 0 Å². The van der Waals surface area contributed by atoms with Gasteiger partial charge >= 0.3 is 0 Å². The highest BCUT2D eigenvalue weighted by Crippen LogP contribution is 2.22. The van der Waals surface area contributed by atoms with Crippen LogP contribution < -0.4 is 16.0 Å². The van der Waals surface area contributed by atoms with Crippen LogP contribution in [-0.2, 0) is 9.53 Å². The standard InChI is InChI=1S/C13H18N4O2/c14-11-2-1-3-12(16-11)17-6-7-19-8-10(17)13(18)15-9-4-5-9/h1-3,9-10H,4-8H2,(H2,14,16)(H,15,18). The fourth-order valence-corrected chi connectivity index (χ4v) is 2.22. The van der Waals surface area contributed by atoms with Crippen molar-refractivity contribution in [3.05, 3.63) is 18.2 Å². The average Bonchev–Trinajstić information content (AvgIpc) is 3.23. The van der Waals surface area contributed by atoms with Crippen LogP contribution in [0.4, 0.5) is 11.6 Å². The van der Waals surface area contributed by atoms with Crippen LogP contribution in [0.2, 0.25) is 0 Å². The summed E-state index contributed by atoms with van der Waals surface area (Å²) in [7, 11) is 0. The molecule has 1 aliphatic heterocycles. The number of hydrogen-bond donors (Lipinski definition) is 2. The van der Waals surface area contributed by atoms with Crippen LogP contribution in [0.15, 0.2) is 18.2 Å². The number of anilines is 2. The monoisotopic (exact) mass is 262 g/mol. The third-order valence-electron chi connectivity index (χ3n) is 3.41. The summed E-state index contributed by atoms with van der Waals surface area (Å²) in [6, 6.07) is 5.50. The van der Waals surface area contributed by atoms with Crippen molar-refractivity contribution in [2.24, 2.45) is 0 Å². The Bertz CT molecular complexity index is 475. The highest BCUT2D eigenvalue weighted by Gasteiger charge is 2.33. The van der Waals surface area contributed by atoms with Gasteiger partial charge in [0.1, 0.15) is 17.7 Å². The Hall–Kier alpha value is -1.82. The number of rotatable bonds is 3. The number of nitrogens with one attached hydrogen (secondary N) is 1. The molecule has 1 atom stereocenters. The van der Waals surface area contributed by atoms with Gasteiger partial charge in [-0.25, -0.2) is 4.98 Å². The minimum Gasteiger partial charge on any atom is -0.384 e. The number of hydrogen-bond acceptors (Lipinski definition) is 5. The largest absolute Gasteiger partial charge is 0.384 e. The topological polar surface area (TPSA) is 80.5 Å². The summed E-state index contributed by atoms with van der Waals surface area (Å²) in [6.07, 6.45) is 2.16. The third kappa shape index (κ3) is 2.78. The first-order chi connectivity index (χ1) is 9.24. The summed E-state index contributed by atoms with van der Waals surface area (Å²) in [5.41, 5.74) is 5.71. The fourth-order valence-electron chi connectivity index (χ4n) is 2.22. The van der Waals surface area contributed by atoms with Crippen LogP contribution in [-0.4, -0.2) is 42.7 Å². The van der Waals surface area contributed by atoms with Gasteiger partial charge in [0.2, 0.25) is 5.91 Å². The summed E-state index contributed by atoms with van der Waals surface area (Å²) >= 11 is 0. The number of morpholine rings is 1. The molecule has 3 rings (SSSR count). The molecule has 1 aromatic heterocycles. The van der Waals surface area contributed by atoms with Gasteiger partial charge < -0.3 is 20.7 Å². The number of amides is 1. The Balaban J connectivity index is 1.77. The summed E-state index contributed by atoms with van der Waals surface area (Å²) in [4.78, 5) is 18.5. The lowest BCUT2D eigenvalue weighted by Gasteiger charge is -2.35. The second-order valence-corrected chi connectivity index (χ2v) is 4.99. The first kappa shape index (κ1) is 12.2. The zero-order valence-electron chi connectivity index (χ0n) is 10.7. The number of nitrogens with two attached hydrogens (primary N) is 1. The zero-order chi connectivity index (χ0) is 13.2. The molecule has 6 nitrogen and oxygen atoms in total. The normalized spacial score (nSPS) is 23.2. The Kier molecular flexibility index (Phi) is 3.25. The van der Waals surface area contributed by atoms with Crippen LogP contribution in [0, 0.1) is 0 Å². The van der Waals surface area contributed by atoms with Crippen molar-refractivity contribution in [3.63, 3.8) is 0 Å². The first-order valence-corrected chi connectivity index (χ1v) is 6.61. The number of ether oxygens (including phenoxy) is 1. The van der Waals surface area contributed by atoms with Crippen LogP contribution in [0.3, 0.4) is 0 Å². The molecule has 1 aliphatic carbocycles. The molecular weight excluding hydrogens is 244 g/mol. The maximum absolute atomic E-state index is 12.2. The van der Waals surface area contributed by atoms with E-state index >= 15 is 0 Å². The molecule has 2 heterocycles. The summed E-state index contributed by atoms with van der Waals surface area (Å²) in [5, 5.41) is 3.02. The molecule has 1 saturated carbocycles. The van der Waals surface area contributed by atoms with E-state index in [2.05, 4.69) is 10.3 Å². The maximum atomic E-state index is 12.2. The van der Waals surface area contributed by atoms with E-state index in [1.54, 1.807) is 6.07 Å². The van der Waals surface area contributed by atoms with E-state index in [1.807, 2.05) is 17.0 Å². The predicted molar refractivity (Wildman–Crippen MR) is 71.8 cm³/mol. The molecule has 1 saturated heterocycles. The molecule has 0 aromatic carbocycles. The average molecular weight is 262 g/mol. The SMILES string of the molecule is Nc1cccc(N2CCOCC2C(=O)NC2CC2)n1. The summed E-state index contributed by atoms with van der Waals surface area (Å²) < 4.78 is 5.43. The second kappa shape index (κ2) is 5.05. The van der Waals surface area contributed by atoms with E-state index < -0.39 is 0 Å². The second-order valence-electron chi connectivity index (χ2n) is 4.99. The van der Waals surface area contributed by atoms with Crippen molar-refractivity contribution in [1.82, 2.24) is 10.3 Å². The Morgan fingerprint density at radius 1 is 1.47 bits per heavy atom. The quantitative estimate of drug-likeness (QED) is 0.810. The highest BCUT2D eigenvalue weighted by molar-refractivity contribution is 5.85. The minimum absolute atomic E-state index is 0.0198. The van der Waals surface area contributed by atoms with Crippen molar-refractivity contribution in [3.8, 4) is 0 Å². The van der Waals surface area contributed by atoms with Gasteiger partial charge in [0.05, 0.1) is 13.2 Å². The molecular formula is C13H18N4O2. The predicted octanol–water partition coefficient (Wildman–Crippen LogP) is 0.148. The molecule has 2 fully saturated rings. The van der Waals surface area contributed by atoms with Gasteiger partial charge in [-0.3, -0.25) is 4.79 Å². The Morgan fingerprint density at radius 2 is 2.32 bits per heavy atom. The first-order valence-electron chi connectivity index (χ1n) is 6.61. The Labute approximate surface area is 111 Å². The van der Waals surface area contributed by atoms with Crippen molar-refractivity contribution < 1.29 is 9.53 Å². The maximum Gasteiger partial charge on any atom is 0.245 e. The van der Waals surface area contributed by atoms with E-state index in [-0.39, 0.29) is 11.9 Å². The molecule has 2 aliphatic rings. The van der Waals surface area contributed by atoms with E-state index in [0.717, 1.165) is 18.7 Å². The molecule has 0 spiro atoms. The number of carbonyl (C=O) groups excluding carboxylic acids is 1. The number of pyridine rings is 1. The summed E-state index contributed by atoms with van der Waals surface area (Å²) in [6.45, 7) is 1.65. The summed E-state index contributed by atoms with van der Waals surface area (Å²) in [5.74, 6) is 1.22. The molecule has 0 radical (unpaired) electrons. The number of carbonyl (C=O) groups is 1. The molecule has 102 valence electrons. The lowest BCUT2D eigenvalue weighted by atomic mass is 10.2. The highest BCUT2D eigenvalue weighted by atomic mass is 16.5. The van der Waals surface area contributed by atoms with Crippen LogP contribution in [0.25, 0.3) is 0 Å². The van der Waals surface area contributed by atoms with Crippen molar-refractivity contribution >= 4 is 17.5 Å². The van der Waals surface area contributed by atoms with Gasteiger partial charge in [0.25, 0.3) is 0 Å². The van der Waals surface area contributed by atoms with Crippen LogP contribution >= 0.6 is 0 Å². The van der Waals surface area contributed by atoms with Crippen LogP contribution in [0.5, 0.6) is 0 Å². The van der Waals surface area contributed by atoms with E-state index in [1.165, 1.54) is 0 Å². The minimum atomic E-state index is -0.316. The molecule has 1 amide bonds. The molecule has 1 unspecified atom stereocenters. The number of nitrogen functional groups attached to an aromatic ring is 1. The fraction of sp³-hybridized carbons (Fsp3) is 0.538. The van der Waals surface area contributed by atoms with Gasteiger partial charge in [-0.1, -0.05) is 6.07 Å². The van der Waals surface area contributed by atoms with Gasteiger partial charge in [0, 0.05) is 12.6 Å². The molecule has 0 bridgehead atoms. The van der Waals surface area contributed by atoms with Gasteiger partial charge in [0.15, 0.2) is 0 Å². The number of aromatic nitrogens is 1. The molecule has 3 N–H and O–H groups in total. The molecule has 1 aromatic rings. The van der Waals surface area contributed by atoms with Crippen molar-refractivity contribution in [2.45, 2.75) is 24.9 Å². The number of nitrogens with zero attached hydrogens (tertiary/aromatic N) is 2. The molecule has 6 heteroatoms. The van der Waals surface area contributed by atoms with Crippen molar-refractivity contribution in [1.29, 1.82) is 0 Å². The molecule has 19 heavy (non-hydrogen) atoms. The van der Waals surface area contributed by atoms with Crippen molar-refractivity contribution in [2.75, 3.05) is 30.4 Å². The third-order valence-corrected chi connectivity index (χ3v) is 3.41. The van der Waals surface area contributed by atoms with Gasteiger partial charge in [-0.05, 0) is 25.0 Å². The lowest BCUT2D eigenvalue weighted by molar-refractivity contribution is -0.124. The van der Waals surface area contributed by atoms with Gasteiger partial charge in [-0.2, -0.15) is 0 Å².